The summed E-state index contributed by atoms with van der Waals surface area (Å²) in [7, 11) is 2.93. The Hall–Kier alpha value is -1.91. The van der Waals surface area contributed by atoms with Gasteiger partial charge in [-0.05, 0) is 24.6 Å². The van der Waals surface area contributed by atoms with Gasteiger partial charge in [0.25, 0.3) is 0 Å². The summed E-state index contributed by atoms with van der Waals surface area (Å²) in [6, 6.07) is 3.58. The van der Waals surface area contributed by atoms with Crippen molar-refractivity contribution in [2.45, 2.75) is 19.4 Å². The van der Waals surface area contributed by atoms with E-state index in [2.05, 4.69) is 9.72 Å². The maximum atomic E-state index is 11.7. The zero-order valence-corrected chi connectivity index (χ0v) is 10.2. The van der Waals surface area contributed by atoms with Gasteiger partial charge < -0.3 is 9.64 Å². The Morgan fingerprint density at radius 1 is 1.41 bits per heavy atom. The molecule has 5 heteroatoms. The number of nitrogens with zero attached hydrogens (tertiary/aromatic N) is 2. The maximum absolute atomic E-state index is 11.7. The molecule has 1 atom stereocenters. The van der Waals surface area contributed by atoms with Crippen molar-refractivity contribution in [1.82, 2.24) is 9.88 Å². The lowest BCUT2D eigenvalue weighted by molar-refractivity contribution is -0.147. The molecule has 0 saturated heterocycles. The monoisotopic (exact) mass is 236 g/mol. The third kappa shape index (κ3) is 3.55. The predicted molar refractivity (Wildman–Crippen MR) is 62.1 cm³/mol. The van der Waals surface area contributed by atoms with E-state index >= 15 is 0 Å². The van der Waals surface area contributed by atoms with Crippen molar-refractivity contribution in [2.75, 3.05) is 14.2 Å². The molecule has 1 aromatic heterocycles. The summed E-state index contributed by atoms with van der Waals surface area (Å²) >= 11 is 0. The molecule has 0 N–H and O–H groups in total. The Balaban J connectivity index is 2.67. The number of ether oxygens (including phenoxy) is 1. The zero-order valence-electron chi connectivity index (χ0n) is 10.2. The van der Waals surface area contributed by atoms with Crippen LogP contribution in [0, 0.1) is 0 Å². The van der Waals surface area contributed by atoms with Crippen molar-refractivity contribution in [3.63, 3.8) is 0 Å². The number of carbonyl (C=O) groups is 2. The number of rotatable bonds is 4. The Labute approximate surface area is 100 Å². The molecular weight excluding hydrogens is 220 g/mol. The van der Waals surface area contributed by atoms with Crippen LogP contribution < -0.4 is 0 Å². The molecule has 92 valence electrons. The largest absolute Gasteiger partial charge is 0.469 e. The fraction of sp³-hybridized carbons (Fsp3) is 0.417. The van der Waals surface area contributed by atoms with Crippen molar-refractivity contribution in [3.8, 4) is 0 Å². The van der Waals surface area contributed by atoms with Gasteiger partial charge in [0.15, 0.2) is 0 Å². The van der Waals surface area contributed by atoms with Gasteiger partial charge in [-0.3, -0.25) is 14.6 Å². The van der Waals surface area contributed by atoms with E-state index in [4.69, 9.17) is 0 Å². The van der Waals surface area contributed by atoms with Gasteiger partial charge >= 0.3 is 5.97 Å². The van der Waals surface area contributed by atoms with Crippen LogP contribution >= 0.6 is 0 Å². The number of aromatic nitrogens is 1. The molecule has 1 amide bonds. The van der Waals surface area contributed by atoms with Crippen LogP contribution in [0.15, 0.2) is 24.5 Å². The topological polar surface area (TPSA) is 59.5 Å². The molecule has 0 spiro atoms. The van der Waals surface area contributed by atoms with Crippen LogP contribution in [0.3, 0.4) is 0 Å². The highest BCUT2D eigenvalue weighted by atomic mass is 16.5. The highest BCUT2D eigenvalue weighted by molar-refractivity contribution is 5.94. The Kier molecular flexibility index (Phi) is 4.63. The van der Waals surface area contributed by atoms with Gasteiger partial charge in [0.1, 0.15) is 6.42 Å². The van der Waals surface area contributed by atoms with Crippen LogP contribution in [-0.2, 0) is 14.3 Å². The summed E-state index contributed by atoms with van der Waals surface area (Å²) < 4.78 is 4.46. The Morgan fingerprint density at radius 2 is 2.00 bits per heavy atom. The molecule has 0 radical (unpaired) electrons. The second-order valence-corrected chi connectivity index (χ2v) is 3.71. The van der Waals surface area contributed by atoms with Crippen molar-refractivity contribution in [2.24, 2.45) is 0 Å². The molecule has 1 unspecified atom stereocenters. The number of hydrogen-bond donors (Lipinski definition) is 0. The summed E-state index contributed by atoms with van der Waals surface area (Å²) in [4.78, 5) is 28.2. The Morgan fingerprint density at radius 3 is 2.53 bits per heavy atom. The number of carbonyl (C=O) groups excluding carboxylic acids is 2. The summed E-state index contributed by atoms with van der Waals surface area (Å²) in [5, 5.41) is 0. The average molecular weight is 236 g/mol. The first kappa shape index (κ1) is 13.2. The Bertz CT molecular complexity index is 392. The fourth-order valence-electron chi connectivity index (χ4n) is 1.40. The van der Waals surface area contributed by atoms with Gasteiger partial charge in [-0.1, -0.05) is 0 Å². The highest BCUT2D eigenvalue weighted by Crippen LogP contribution is 2.18. The molecule has 0 aliphatic heterocycles. The number of amides is 1. The smallest absolute Gasteiger partial charge is 0.315 e. The number of pyridine rings is 1. The van der Waals surface area contributed by atoms with Crippen LogP contribution in [0.4, 0.5) is 0 Å². The van der Waals surface area contributed by atoms with Gasteiger partial charge in [-0.2, -0.15) is 0 Å². The zero-order chi connectivity index (χ0) is 12.8. The molecule has 5 nitrogen and oxygen atoms in total. The van der Waals surface area contributed by atoms with Crippen molar-refractivity contribution >= 4 is 11.9 Å². The van der Waals surface area contributed by atoms with Crippen LogP contribution in [0.5, 0.6) is 0 Å². The molecule has 0 fully saturated rings. The number of methoxy groups -OCH3 is 1. The first-order valence-electron chi connectivity index (χ1n) is 5.28. The molecular formula is C12H16N2O3. The number of esters is 1. The third-order valence-corrected chi connectivity index (χ3v) is 2.69. The lowest BCUT2D eigenvalue weighted by Crippen LogP contribution is -2.31. The quantitative estimate of drug-likeness (QED) is 0.581. The molecule has 0 bridgehead atoms. The van der Waals surface area contributed by atoms with Crippen LogP contribution in [0.25, 0.3) is 0 Å². The maximum Gasteiger partial charge on any atom is 0.315 e. The van der Waals surface area contributed by atoms with Crippen molar-refractivity contribution in [1.29, 1.82) is 0 Å². The van der Waals surface area contributed by atoms with E-state index in [1.807, 2.05) is 19.1 Å². The van der Waals surface area contributed by atoms with Crippen LogP contribution in [0.2, 0.25) is 0 Å². The summed E-state index contributed by atoms with van der Waals surface area (Å²) in [6.07, 6.45) is 3.11. The second-order valence-electron chi connectivity index (χ2n) is 3.71. The van der Waals surface area contributed by atoms with E-state index in [0.29, 0.717) is 0 Å². The molecule has 0 aromatic carbocycles. The number of hydrogen-bond acceptors (Lipinski definition) is 4. The first-order chi connectivity index (χ1) is 8.06. The average Bonchev–Trinajstić information content (AvgIpc) is 2.37. The molecule has 1 aromatic rings. The van der Waals surface area contributed by atoms with Crippen molar-refractivity contribution < 1.29 is 14.3 Å². The lowest BCUT2D eigenvalue weighted by Gasteiger charge is -2.24. The van der Waals surface area contributed by atoms with E-state index in [-0.39, 0.29) is 18.4 Å². The van der Waals surface area contributed by atoms with E-state index in [1.165, 1.54) is 12.0 Å². The molecule has 0 aliphatic carbocycles. The highest BCUT2D eigenvalue weighted by Gasteiger charge is 2.19. The van der Waals surface area contributed by atoms with E-state index in [9.17, 15) is 9.59 Å². The van der Waals surface area contributed by atoms with Crippen LogP contribution in [-0.4, -0.2) is 35.9 Å². The molecule has 1 heterocycles. The van der Waals surface area contributed by atoms with E-state index in [0.717, 1.165) is 5.56 Å². The van der Waals surface area contributed by atoms with Gasteiger partial charge in [0.2, 0.25) is 5.91 Å². The predicted octanol–water partition coefficient (Wildman–Crippen LogP) is 1.16. The van der Waals surface area contributed by atoms with Gasteiger partial charge in [0, 0.05) is 19.4 Å². The molecule has 0 aliphatic rings. The lowest BCUT2D eigenvalue weighted by atomic mass is 10.1. The summed E-state index contributed by atoms with van der Waals surface area (Å²) in [5.41, 5.74) is 0.973. The SMILES string of the molecule is COC(=O)CC(=O)N(C)C(C)c1ccncc1. The summed E-state index contributed by atoms with van der Waals surface area (Å²) in [6.45, 7) is 1.89. The molecule has 1 rings (SSSR count). The molecule has 17 heavy (non-hydrogen) atoms. The van der Waals surface area contributed by atoms with Crippen molar-refractivity contribution in [3.05, 3.63) is 30.1 Å². The standard InChI is InChI=1S/C12H16N2O3/c1-9(10-4-6-13-7-5-10)14(2)11(15)8-12(16)17-3/h4-7,9H,8H2,1-3H3. The second kappa shape index (κ2) is 5.98. The van der Waals surface area contributed by atoms with Crippen LogP contribution in [0.1, 0.15) is 24.9 Å². The fourth-order valence-corrected chi connectivity index (χ4v) is 1.40. The van der Waals surface area contributed by atoms with E-state index < -0.39 is 5.97 Å². The minimum Gasteiger partial charge on any atom is -0.469 e. The molecule has 0 saturated carbocycles. The van der Waals surface area contributed by atoms with Gasteiger partial charge in [-0.25, -0.2) is 0 Å². The minimum absolute atomic E-state index is 0.102. The van der Waals surface area contributed by atoms with Gasteiger partial charge in [-0.15, -0.1) is 0 Å². The third-order valence-electron chi connectivity index (χ3n) is 2.69. The van der Waals surface area contributed by atoms with E-state index in [1.54, 1.807) is 19.4 Å². The minimum atomic E-state index is -0.524. The normalized spacial score (nSPS) is 11.7. The first-order valence-corrected chi connectivity index (χ1v) is 5.28. The summed E-state index contributed by atoms with van der Waals surface area (Å²) in [5.74, 6) is -0.787. The van der Waals surface area contributed by atoms with Gasteiger partial charge in [0.05, 0.1) is 13.2 Å².